The van der Waals surface area contributed by atoms with Gasteiger partial charge in [-0.1, -0.05) is 36.3 Å². The van der Waals surface area contributed by atoms with Gasteiger partial charge in [0.15, 0.2) is 0 Å². The molecule has 43 heavy (non-hydrogen) atoms. The third-order valence-electron chi connectivity index (χ3n) is 10.3. The van der Waals surface area contributed by atoms with Gasteiger partial charge < -0.3 is 14.7 Å². The van der Waals surface area contributed by atoms with Gasteiger partial charge in [0.1, 0.15) is 17.6 Å². The normalized spacial score (nSPS) is 27.0. The third kappa shape index (κ3) is 4.56. The number of amides is 1. The Morgan fingerprint density at radius 2 is 1.86 bits per heavy atom. The first kappa shape index (κ1) is 27.8. The highest BCUT2D eigenvalue weighted by Gasteiger charge is 2.66. The number of phenols is 1. The van der Waals surface area contributed by atoms with Crippen molar-refractivity contribution in [2.75, 3.05) is 20.1 Å². The number of benzene rings is 3. The van der Waals surface area contributed by atoms with Crippen LogP contribution >= 0.6 is 0 Å². The molecule has 5 atom stereocenters. The van der Waals surface area contributed by atoms with Crippen molar-refractivity contribution < 1.29 is 27.8 Å². The maximum Gasteiger partial charge on any atom is 0.416 e. The summed E-state index contributed by atoms with van der Waals surface area (Å²) in [5, 5.41) is 11.0. The molecule has 3 aromatic rings. The van der Waals surface area contributed by atoms with Crippen LogP contribution in [0.25, 0.3) is 0 Å². The van der Waals surface area contributed by atoms with Gasteiger partial charge in [0.2, 0.25) is 0 Å². The summed E-state index contributed by atoms with van der Waals surface area (Å²) in [5.41, 5.74) is 2.71. The van der Waals surface area contributed by atoms with Gasteiger partial charge in [-0.15, -0.1) is 0 Å². The van der Waals surface area contributed by atoms with Crippen molar-refractivity contribution in [1.29, 1.82) is 0 Å². The lowest BCUT2D eigenvalue weighted by atomic mass is 9.51. The number of likely N-dealkylation sites (tertiary alicyclic amines) is 1. The Bertz CT molecular complexity index is 1610. The van der Waals surface area contributed by atoms with Crippen LogP contribution in [0.15, 0.2) is 66.7 Å². The summed E-state index contributed by atoms with van der Waals surface area (Å²) < 4.78 is 45.5. The van der Waals surface area contributed by atoms with Crippen LogP contribution in [0, 0.1) is 17.8 Å². The zero-order valence-electron chi connectivity index (χ0n) is 23.9. The fourth-order valence-corrected chi connectivity index (χ4v) is 8.31. The molecule has 5 nitrogen and oxygen atoms in total. The fourth-order valence-electron chi connectivity index (χ4n) is 8.31. The molecule has 222 valence electrons. The molecule has 0 radical (unpaired) electrons. The van der Waals surface area contributed by atoms with Crippen LogP contribution in [0.1, 0.15) is 47.1 Å². The molecule has 2 bridgehead atoms. The quantitative estimate of drug-likeness (QED) is 0.406. The predicted octanol–water partition coefficient (Wildman–Crippen LogP) is 5.57. The van der Waals surface area contributed by atoms with Gasteiger partial charge in [0, 0.05) is 47.7 Å². The highest BCUT2D eigenvalue weighted by atomic mass is 19.4. The van der Waals surface area contributed by atoms with Gasteiger partial charge in [-0.3, -0.25) is 9.69 Å². The number of carbonyl (C=O) groups excluding carboxylic acids is 1. The van der Waals surface area contributed by atoms with Gasteiger partial charge in [-0.25, -0.2) is 0 Å². The molecule has 8 heteroatoms. The van der Waals surface area contributed by atoms with E-state index >= 15 is 0 Å². The van der Waals surface area contributed by atoms with Crippen LogP contribution in [0.2, 0.25) is 0 Å². The lowest BCUT2D eigenvalue weighted by Crippen LogP contribution is -2.69. The maximum atomic E-state index is 13.3. The molecule has 1 spiro atoms. The van der Waals surface area contributed by atoms with E-state index in [1.165, 1.54) is 17.7 Å². The molecule has 0 aromatic heterocycles. The smallest absolute Gasteiger partial charge is 0.416 e. The van der Waals surface area contributed by atoms with Crippen molar-refractivity contribution in [2.45, 2.75) is 61.9 Å². The number of aromatic hydroxyl groups is 1. The van der Waals surface area contributed by atoms with Crippen molar-refractivity contribution in [3.05, 3.63) is 94.5 Å². The molecule has 0 unspecified atom stereocenters. The van der Waals surface area contributed by atoms with E-state index in [4.69, 9.17) is 4.74 Å². The number of likely N-dealkylation sites (N-methyl/N-ethyl adjacent to an activating group) is 1. The second-order valence-corrected chi connectivity index (χ2v) is 12.3. The number of halogens is 3. The summed E-state index contributed by atoms with van der Waals surface area (Å²) in [7, 11) is 1.74. The topological polar surface area (TPSA) is 53.0 Å². The minimum atomic E-state index is -4.42. The number of alkyl halides is 3. The van der Waals surface area contributed by atoms with E-state index in [0.717, 1.165) is 74.2 Å². The average molecular weight is 587 g/mol. The van der Waals surface area contributed by atoms with E-state index in [9.17, 15) is 23.1 Å². The summed E-state index contributed by atoms with van der Waals surface area (Å²) in [6.07, 6.45) is -0.367. The zero-order valence-corrected chi connectivity index (χ0v) is 23.9. The molecule has 2 aliphatic heterocycles. The Balaban J connectivity index is 1.15. The largest absolute Gasteiger partial charge is 0.508 e. The number of hydrogen-bond donors (Lipinski definition) is 1. The Labute approximate surface area is 249 Å². The van der Waals surface area contributed by atoms with Crippen LogP contribution in [-0.2, 0) is 29.2 Å². The lowest BCUT2D eigenvalue weighted by Gasteiger charge is -2.60. The Morgan fingerprint density at radius 3 is 2.60 bits per heavy atom. The Hall–Kier alpha value is -3.96. The molecule has 3 aromatic carbocycles. The van der Waals surface area contributed by atoms with Crippen molar-refractivity contribution >= 4 is 5.91 Å². The zero-order chi connectivity index (χ0) is 29.9. The van der Waals surface area contributed by atoms with Gasteiger partial charge in [-0.2, -0.15) is 13.2 Å². The molecular weight excluding hydrogens is 553 g/mol. The number of nitrogens with zero attached hydrogens (tertiary/aromatic N) is 2. The van der Waals surface area contributed by atoms with E-state index < -0.39 is 17.6 Å². The molecule has 1 saturated carbocycles. The van der Waals surface area contributed by atoms with Crippen molar-refractivity contribution in [1.82, 2.24) is 9.80 Å². The number of piperidine rings is 1. The van der Waals surface area contributed by atoms with Gasteiger partial charge in [-0.05, 0) is 86.5 Å². The minimum Gasteiger partial charge on any atom is -0.508 e. The highest BCUT2D eigenvalue weighted by Crippen LogP contribution is 2.63. The van der Waals surface area contributed by atoms with Crippen LogP contribution < -0.4 is 4.74 Å². The molecule has 7 rings (SSSR count). The third-order valence-corrected chi connectivity index (χ3v) is 10.3. The first-order chi connectivity index (χ1) is 20.7. The second-order valence-electron chi connectivity index (χ2n) is 12.3. The Morgan fingerprint density at radius 1 is 1.09 bits per heavy atom. The fraction of sp³-hybridized carbons (Fsp3) is 0.400. The number of carbonyl (C=O) groups is 1. The van der Waals surface area contributed by atoms with E-state index in [0.29, 0.717) is 17.2 Å². The van der Waals surface area contributed by atoms with Gasteiger partial charge in [0.05, 0.1) is 11.6 Å². The first-order valence-electron chi connectivity index (χ1n) is 14.9. The van der Waals surface area contributed by atoms with Crippen LogP contribution in [-0.4, -0.2) is 59.1 Å². The number of ether oxygens (including phenoxy) is 1. The van der Waals surface area contributed by atoms with Crippen molar-refractivity contribution in [3.8, 4) is 23.3 Å². The maximum absolute atomic E-state index is 13.3. The summed E-state index contributed by atoms with van der Waals surface area (Å²) in [6.45, 7) is 1.87. The van der Waals surface area contributed by atoms with E-state index in [1.54, 1.807) is 18.0 Å². The minimum absolute atomic E-state index is 0.220. The van der Waals surface area contributed by atoms with E-state index in [2.05, 4.69) is 41.0 Å². The predicted molar refractivity (Wildman–Crippen MR) is 156 cm³/mol. The Kier molecular flexibility index (Phi) is 6.70. The summed E-state index contributed by atoms with van der Waals surface area (Å²) >= 11 is 0. The number of hydrogen-bond acceptors (Lipinski definition) is 4. The van der Waals surface area contributed by atoms with Crippen molar-refractivity contribution in [2.24, 2.45) is 5.92 Å². The van der Waals surface area contributed by atoms with Crippen LogP contribution in [0.4, 0.5) is 13.2 Å². The highest BCUT2D eigenvalue weighted by molar-refractivity contribution is 5.94. The molecular formula is C35H33F3N2O3. The van der Waals surface area contributed by atoms with E-state index in [-0.39, 0.29) is 23.6 Å². The lowest BCUT2D eigenvalue weighted by molar-refractivity contribution is -0.137. The number of phenolic OH excluding ortho intramolecular Hbond substituents is 1. The van der Waals surface area contributed by atoms with Gasteiger partial charge >= 0.3 is 6.18 Å². The monoisotopic (exact) mass is 586 g/mol. The van der Waals surface area contributed by atoms with Crippen molar-refractivity contribution in [3.63, 3.8) is 0 Å². The number of rotatable bonds is 4. The first-order valence-corrected chi connectivity index (χ1v) is 14.9. The molecule has 2 aliphatic carbocycles. The molecule has 1 amide bonds. The van der Waals surface area contributed by atoms with Gasteiger partial charge in [0.25, 0.3) is 5.91 Å². The van der Waals surface area contributed by atoms with Crippen LogP contribution in [0.5, 0.6) is 11.5 Å². The second kappa shape index (κ2) is 10.3. The standard InChI is InChI=1S/C35H33F3N2O3/c1-39(31(42)16-9-23-7-10-24(11-8-23)35(36,37)38)27-13-12-26-28-21-25-29(41)14-15-30-32(25)34(26,33(27)43-30)18-20-40(28)19-17-22-5-3-2-4-6-22/h2-8,10-11,14-15,26-28,33,41H,12-13,17-21H2,1H3/t26-,27-,28+,33-,34-/m0/s1. The summed E-state index contributed by atoms with van der Waals surface area (Å²) in [5.74, 6) is 6.46. The molecule has 2 fully saturated rings. The average Bonchev–Trinajstić information content (AvgIpc) is 3.34. The molecule has 1 saturated heterocycles. The molecule has 1 N–H and O–H groups in total. The summed E-state index contributed by atoms with van der Waals surface area (Å²) in [6, 6.07) is 18.7. The summed E-state index contributed by atoms with van der Waals surface area (Å²) in [4.78, 5) is 17.6. The molecule has 2 heterocycles. The van der Waals surface area contributed by atoms with Crippen LogP contribution in [0.3, 0.4) is 0 Å². The molecule has 4 aliphatic rings. The SMILES string of the molecule is CN(C(=O)C#Cc1ccc(C(F)(F)F)cc1)[C@H]1CC[C@H]2[C@H]3Cc4c(O)ccc5c4[C@@]2(CCN3CCc2ccccc2)[C@H]1O5. The van der Waals surface area contributed by atoms with E-state index in [1.807, 2.05) is 12.1 Å².